The van der Waals surface area contributed by atoms with Crippen LogP contribution in [0.15, 0.2) is 54.6 Å². The maximum absolute atomic E-state index is 13.8. The summed E-state index contributed by atoms with van der Waals surface area (Å²) in [5, 5.41) is 5.60. The largest absolute Gasteiger partial charge is 0.497 e. The molecule has 8 heteroatoms. The highest BCUT2D eigenvalue weighted by atomic mass is 16.6. The van der Waals surface area contributed by atoms with Gasteiger partial charge in [0.1, 0.15) is 23.4 Å². The highest BCUT2D eigenvalue weighted by Gasteiger charge is 2.34. The SMILES string of the molecule is CCCCCCCCN(C(=O)C(C)NC(=O)OC(C)(C)C)C(C(=O)Nc1ccc(OC)cc1)c1ccccc1. The van der Waals surface area contributed by atoms with Crippen LogP contribution >= 0.6 is 0 Å². The summed E-state index contributed by atoms with van der Waals surface area (Å²) in [6.07, 6.45) is 5.54. The molecule has 0 aliphatic rings. The van der Waals surface area contributed by atoms with Crippen LogP contribution in [-0.2, 0) is 14.3 Å². The highest BCUT2D eigenvalue weighted by molar-refractivity contribution is 5.99. The molecule has 3 amide bonds. The minimum absolute atomic E-state index is 0.338. The van der Waals surface area contributed by atoms with Gasteiger partial charge in [0.05, 0.1) is 7.11 Å². The summed E-state index contributed by atoms with van der Waals surface area (Å²) in [5.41, 5.74) is 0.580. The summed E-state index contributed by atoms with van der Waals surface area (Å²) in [6.45, 7) is 9.45. The standard InChI is InChI=1S/C31H45N3O5/c1-7-8-9-10-11-15-22-34(29(36)23(2)32-30(37)39-31(3,4)5)27(24-16-13-12-14-17-24)28(35)33-25-18-20-26(38-6)21-19-25/h12-14,16-21,23,27H,7-11,15,22H2,1-6H3,(H,32,37)(H,33,35). The van der Waals surface area contributed by atoms with E-state index in [1.807, 2.05) is 30.3 Å². The minimum atomic E-state index is -0.890. The van der Waals surface area contributed by atoms with Crippen LogP contribution in [-0.4, -0.2) is 48.1 Å². The van der Waals surface area contributed by atoms with Crippen LogP contribution in [0.25, 0.3) is 0 Å². The van der Waals surface area contributed by atoms with Crippen molar-refractivity contribution in [3.8, 4) is 5.75 Å². The minimum Gasteiger partial charge on any atom is -0.497 e. The Hall–Kier alpha value is -3.55. The van der Waals surface area contributed by atoms with E-state index in [1.165, 1.54) is 6.42 Å². The topological polar surface area (TPSA) is 97.0 Å². The number of hydrogen-bond donors (Lipinski definition) is 2. The van der Waals surface area contributed by atoms with Crippen molar-refractivity contribution in [3.63, 3.8) is 0 Å². The van der Waals surface area contributed by atoms with E-state index in [0.29, 0.717) is 23.5 Å². The van der Waals surface area contributed by atoms with E-state index >= 15 is 0 Å². The molecular formula is C31H45N3O5. The summed E-state index contributed by atoms with van der Waals surface area (Å²) >= 11 is 0. The second-order valence-electron chi connectivity index (χ2n) is 10.7. The molecule has 2 aromatic carbocycles. The average Bonchev–Trinajstić information content (AvgIpc) is 2.89. The number of rotatable bonds is 14. The maximum atomic E-state index is 13.8. The molecule has 2 unspecified atom stereocenters. The summed E-state index contributed by atoms with van der Waals surface area (Å²) in [4.78, 5) is 41.6. The number of alkyl carbamates (subject to hydrolysis) is 1. The molecule has 0 heterocycles. The molecule has 2 rings (SSSR count). The summed E-state index contributed by atoms with van der Waals surface area (Å²) in [7, 11) is 1.58. The molecule has 0 aromatic heterocycles. The van der Waals surface area contributed by atoms with Gasteiger partial charge in [-0.1, -0.05) is 69.4 Å². The number of anilines is 1. The molecule has 0 aliphatic heterocycles. The lowest BCUT2D eigenvalue weighted by atomic mass is 10.0. The Morgan fingerprint density at radius 3 is 2.10 bits per heavy atom. The normalized spacial score (nSPS) is 12.7. The molecule has 0 saturated heterocycles. The molecule has 0 fully saturated rings. The number of nitrogens with zero attached hydrogens (tertiary/aromatic N) is 1. The van der Waals surface area contributed by atoms with Crippen molar-refractivity contribution >= 4 is 23.6 Å². The van der Waals surface area contributed by atoms with Crippen LogP contribution in [0.2, 0.25) is 0 Å². The summed E-state index contributed by atoms with van der Waals surface area (Å²) < 4.78 is 10.6. The van der Waals surface area contributed by atoms with E-state index in [2.05, 4.69) is 17.6 Å². The Bertz CT molecular complexity index is 1030. The smallest absolute Gasteiger partial charge is 0.408 e. The van der Waals surface area contributed by atoms with Gasteiger partial charge < -0.3 is 25.0 Å². The number of hydrogen-bond acceptors (Lipinski definition) is 5. The van der Waals surface area contributed by atoms with E-state index < -0.39 is 23.8 Å². The van der Waals surface area contributed by atoms with Gasteiger partial charge in [-0.2, -0.15) is 0 Å². The lowest BCUT2D eigenvalue weighted by Crippen LogP contribution is -2.51. The molecule has 214 valence electrons. The van der Waals surface area contributed by atoms with Gasteiger partial charge in [0, 0.05) is 12.2 Å². The van der Waals surface area contributed by atoms with E-state index in [9.17, 15) is 14.4 Å². The first-order valence-electron chi connectivity index (χ1n) is 13.9. The van der Waals surface area contributed by atoms with E-state index in [4.69, 9.17) is 9.47 Å². The fraction of sp³-hybridized carbons (Fsp3) is 0.516. The molecule has 0 aliphatic carbocycles. The number of unbranched alkanes of at least 4 members (excludes halogenated alkanes) is 5. The van der Waals surface area contributed by atoms with Crippen molar-refractivity contribution in [2.75, 3.05) is 19.0 Å². The molecular weight excluding hydrogens is 494 g/mol. The number of amides is 3. The lowest BCUT2D eigenvalue weighted by molar-refractivity contribution is -0.140. The van der Waals surface area contributed by atoms with Crippen LogP contribution in [0.1, 0.15) is 84.7 Å². The van der Waals surface area contributed by atoms with Crippen molar-refractivity contribution in [1.29, 1.82) is 0 Å². The van der Waals surface area contributed by atoms with Crippen molar-refractivity contribution in [1.82, 2.24) is 10.2 Å². The van der Waals surface area contributed by atoms with Crippen LogP contribution in [0.5, 0.6) is 5.75 Å². The number of carbonyl (C=O) groups excluding carboxylic acids is 3. The molecule has 2 N–H and O–H groups in total. The summed E-state index contributed by atoms with van der Waals surface area (Å²) in [5.74, 6) is -0.0159. The van der Waals surface area contributed by atoms with Crippen molar-refractivity contribution < 1.29 is 23.9 Å². The average molecular weight is 540 g/mol. The molecule has 0 spiro atoms. The van der Waals surface area contributed by atoms with Crippen LogP contribution < -0.4 is 15.4 Å². The van der Waals surface area contributed by atoms with Crippen LogP contribution in [0.3, 0.4) is 0 Å². The van der Waals surface area contributed by atoms with Gasteiger partial charge in [-0.15, -0.1) is 0 Å². The molecule has 8 nitrogen and oxygen atoms in total. The zero-order valence-corrected chi connectivity index (χ0v) is 24.3. The second-order valence-corrected chi connectivity index (χ2v) is 10.7. The molecule has 0 saturated carbocycles. The Labute approximate surface area is 233 Å². The zero-order valence-electron chi connectivity index (χ0n) is 24.3. The first kappa shape index (κ1) is 31.7. The van der Waals surface area contributed by atoms with Gasteiger partial charge in [-0.05, 0) is 63.9 Å². The Morgan fingerprint density at radius 2 is 1.51 bits per heavy atom. The third-order valence-corrected chi connectivity index (χ3v) is 6.17. The van der Waals surface area contributed by atoms with Gasteiger partial charge in [0.2, 0.25) is 5.91 Å². The van der Waals surface area contributed by atoms with Gasteiger partial charge in [-0.3, -0.25) is 9.59 Å². The van der Waals surface area contributed by atoms with Gasteiger partial charge >= 0.3 is 6.09 Å². The van der Waals surface area contributed by atoms with Gasteiger partial charge in [0.25, 0.3) is 5.91 Å². The third-order valence-electron chi connectivity index (χ3n) is 6.17. The van der Waals surface area contributed by atoms with E-state index in [1.54, 1.807) is 64.0 Å². The van der Waals surface area contributed by atoms with Crippen molar-refractivity contribution in [3.05, 3.63) is 60.2 Å². The Morgan fingerprint density at radius 1 is 0.897 bits per heavy atom. The lowest BCUT2D eigenvalue weighted by Gasteiger charge is -2.33. The van der Waals surface area contributed by atoms with Crippen LogP contribution in [0.4, 0.5) is 10.5 Å². The predicted molar refractivity (Wildman–Crippen MR) is 155 cm³/mol. The van der Waals surface area contributed by atoms with E-state index in [0.717, 1.165) is 32.1 Å². The summed E-state index contributed by atoms with van der Waals surface area (Å²) in [6, 6.07) is 14.5. The quantitative estimate of drug-likeness (QED) is 0.268. The second kappa shape index (κ2) is 15.8. The van der Waals surface area contributed by atoms with E-state index in [-0.39, 0.29) is 11.8 Å². The number of benzene rings is 2. The molecule has 0 bridgehead atoms. The third kappa shape index (κ3) is 11.0. The predicted octanol–water partition coefficient (Wildman–Crippen LogP) is 6.48. The fourth-order valence-electron chi connectivity index (χ4n) is 4.22. The zero-order chi connectivity index (χ0) is 28.8. The Balaban J connectivity index is 2.33. The van der Waals surface area contributed by atoms with Crippen molar-refractivity contribution in [2.24, 2.45) is 0 Å². The molecule has 0 radical (unpaired) electrons. The number of methoxy groups -OCH3 is 1. The van der Waals surface area contributed by atoms with Crippen molar-refractivity contribution in [2.45, 2.75) is 90.8 Å². The number of carbonyl (C=O) groups is 3. The number of nitrogens with one attached hydrogen (secondary N) is 2. The maximum Gasteiger partial charge on any atom is 0.408 e. The molecule has 2 aromatic rings. The molecule has 2 atom stereocenters. The first-order chi connectivity index (χ1) is 18.6. The number of ether oxygens (including phenoxy) is 2. The highest BCUT2D eigenvalue weighted by Crippen LogP contribution is 2.26. The Kier molecular flexibility index (Phi) is 12.8. The van der Waals surface area contributed by atoms with Gasteiger partial charge in [0.15, 0.2) is 0 Å². The van der Waals surface area contributed by atoms with Gasteiger partial charge in [-0.25, -0.2) is 4.79 Å². The molecule has 39 heavy (non-hydrogen) atoms. The first-order valence-corrected chi connectivity index (χ1v) is 13.9. The van der Waals surface area contributed by atoms with Crippen LogP contribution in [0, 0.1) is 0 Å². The monoisotopic (exact) mass is 539 g/mol. The fourth-order valence-corrected chi connectivity index (χ4v) is 4.22.